The van der Waals surface area contributed by atoms with Crippen molar-refractivity contribution in [2.24, 2.45) is 5.92 Å². The van der Waals surface area contributed by atoms with Gasteiger partial charge in [0.05, 0.1) is 32.9 Å². The van der Waals surface area contributed by atoms with Gasteiger partial charge in [-0.15, -0.1) is 0 Å². The number of rotatable bonds is 7. The Morgan fingerprint density at radius 1 is 1.14 bits per heavy atom. The van der Waals surface area contributed by atoms with E-state index in [1.54, 1.807) is 0 Å². The van der Waals surface area contributed by atoms with Crippen molar-refractivity contribution in [2.45, 2.75) is 56.7 Å². The third-order valence-electron chi connectivity index (χ3n) is 5.33. The molecule has 5 heteroatoms. The molecule has 2 aromatic carbocycles. The van der Waals surface area contributed by atoms with Gasteiger partial charge in [-0.25, -0.2) is 8.93 Å². The molecule has 2 unspecified atom stereocenters. The molecule has 2 aromatic rings. The van der Waals surface area contributed by atoms with E-state index in [4.69, 9.17) is 5.73 Å². The van der Waals surface area contributed by atoms with Crippen LogP contribution in [0.2, 0.25) is 0 Å². The number of benzene rings is 2. The first kappa shape index (κ1) is 20.6. The molecule has 0 aliphatic heterocycles. The van der Waals surface area contributed by atoms with Gasteiger partial charge in [-0.2, -0.15) is 5.26 Å². The molecule has 0 aromatic heterocycles. The van der Waals surface area contributed by atoms with Gasteiger partial charge in [0.1, 0.15) is 0 Å². The monoisotopic (exact) mass is 395 g/mol. The molecule has 0 amide bonds. The first-order chi connectivity index (χ1) is 13.2. The number of hydrogen-bond acceptors (Lipinski definition) is 3. The fourth-order valence-corrected chi connectivity index (χ4v) is 4.36. The highest BCUT2D eigenvalue weighted by Crippen LogP contribution is 2.42. The molecular formula is C23H29N3OS. The Morgan fingerprint density at radius 3 is 2.36 bits per heavy atom. The molecule has 0 spiro atoms. The topological polar surface area (TPSA) is 78.9 Å². The molecule has 1 aliphatic rings. The summed E-state index contributed by atoms with van der Waals surface area (Å²) in [6.07, 6.45) is 4.42. The van der Waals surface area contributed by atoms with Crippen LogP contribution in [-0.2, 0) is 16.5 Å². The first-order valence-corrected chi connectivity index (χ1v) is 11.0. The maximum Gasteiger partial charge on any atom is 0.0991 e. The summed E-state index contributed by atoms with van der Waals surface area (Å²) in [5, 5.41) is 9.19. The van der Waals surface area contributed by atoms with Crippen LogP contribution in [0.4, 0.5) is 5.69 Å². The van der Waals surface area contributed by atoms with Crippen LogP contribution in [-0.4, -0.2) is 8.96 Å². The van der Waals surface area contributed by atoms with Gasteiger partial charge < -0.3 is 5.73 Å². The molecule has 2 atom stereocenters. The molecular weight excluding hydrogens is 366 g/mol. The minimum absolute atomic E-state index is 0.405. The summed E-state index contributed by atoms with van der Waals surface area (Å²) in [7, 11) is -1.27. The average molecular weight is 396 g/mol. The second-order valence-electron chi connectivity index (χ2n) is 8.69. The van der Waals surface area contributed by atoms with Gasteiger partial charge in [-0.1, -0.05) is 37.1 Å². The van der Waals surface area contributed by atoms with Gasteiger partial charge in [0, 0.05) is 5.69 Å². The lowest BCUT2D eigenvalue weighted by Crippen LogP contribution is -2.49. The van der Waals surface area contributed by atoms with Crippen LogP contribution in [0.15, 0.2) is 48.5 Å². The van der Waals surface area contributed by atoms with E-state index in [0.29, 0.717) is 11.3 Å². The summed E-state index contributed by atoms with van der Waals surface area (Å²) in [6.45, 7) is 5.92. The smallest absolute Gasteiger partial charge is 0.0991 e. The second-order valence-corrected chi connectivity index (χ2v) is 10.7. The second kappa shape index (κ2) is 8.06. The number of nitriles is 1. The summed E-state index contributed by atoms with van der Waals surface area (Å²) >= 11 is 0. The fourth-order valence-electron chi connectivity index (χ4n) is 3.40. The van der Waals surface area contributed by atoms with Crippen molar-refractivity contribution in [3.05, 3.63) is 65.2 Å². The number of nitrogens with two attached hydrogens (primary N) is 1. The van der Waals surface area contributed by atoms with E-state index in [1.807, 2.05) is 69.3 Å². The Labute approximate surface area is 170 Å². The third-order valence-corrected chi connectivity index (χ3v) is 6.98. The molecule has 3 N–H and O–H groups in total. The maximum absolute atomic E-state index is 13.2. The fraction of sp³-hybridized carbons (Fsp3) is 0.435. The molecule has 0 heterocycles. The van der Waals surface area contributed by atoms with Gasteiger partial charge >= 0.3 is 0 Å². The number of anilines is 1. The number of nitrogens with one attached hydrogen (secondary N) is 1. The summed E-state index contributed by atoms with van der Waals surface area (Å²) in [5.74, 6) is 0.740. The van der Waals surface area contributed by atoms with E-state index < -0.39 is 21.3 Å². The molecule has 0 bridgehead atoms. The SMILES string of the molecule is CC(C)(C)S(=O)NC(CCC1CC1)(c1ccc(C#N)cc1)c1cccc(N)c1. The van der Waals surface area contributed by atoms with Gasteiger partial charge in [0.2, 0.25) is 0 Å². The molecule has 0 saturated heterocycles. The summed E-state index contributed by atoms with van der Waals surface area (Å²) in [4.78, 5) is 0. The molecule has 28 heavy (non-hydrogen) atoms. The lowest BCUT2D eigenvalue weighted by Gasteiger charge is -2.38. The largest absolute Gasteiger partial charge is 0.399 e. The van der Waals surface area contributed by atoms with Gasteiger partial charge in [-0.3, -0.25) is 0 Å². The molecule has 1 aliphatic carbocycles. The highest BCUT2D eigenvalue weighted by Gasteiger charge is 2.39. The molecule has 148 valence electrons. The van der Waals surface area contributed by atoms with Gasteiger partial charge in [-0.05, 0) is 74.9 Å². The Kier molecular flexibility index (Phi) is 5.92. The Hall–Kier alpha value is -2.16. The van der Waals surface area contributed by atoms with E-state index in [-0.39, 0.29) is 0 Å². The van der Waals surface area contributed by atoms with Crippen LogP contribution in [0.3, 0.4) is 0 Å². The van der Waals surface area contributed by atoms with E-state index in [9.17, 15) is 9.47 Å². The van der Waals surface area contributed by atoms with Crippen LogP contribution in [0, 0.1) is 17.2 Å². The summed E-state index contributed by atoms with van der Waals surface area (Å²) < 4.78 is 16.3. The lowest BCUT2D eigenvalue weighted by atomic mass is 9.79. The highest BCUT2D eigenvalue weighted by molar-refractivity contribution is 7.84. The predicted molar refractivity (Wildman–Crippen MR) is 116 cm³/mol. The number of hydrogen-bond donors (Lipinski definition) is 2. The Balaban J connectivity index is 2.13. The normalized spacial score (nSPS) is 17.5. The number of nitrogen functional groups attached to an aromatic ring is 1. The minimum atomic E-state index is -1.27. The Bertz CT molecular complexity index is 891. The zero-order chi connectivity index (χ0) is 20.4. The third kappa shape index (κ3) is 4.63. The van der Waals surface area contributed by atoms with Crippen LogP contribution < -0.4 is 10.5 Å². The molecule has 4 nitrogen and oxygen atoms in total. The lowest BCUT2D eigenvalue weighted by molar-refractivity contribution is 0.416. The van der Waals surface area contributed by atoms with Crippen molar-refractivity contribution in [3.63, 3.8) is 0 Å². The standard InChI is InChI=1S/C23H29N3OS/c1-22(2,3)28(27)26-23(14-13-17-7-8-17,20-5-4-6-21(25)15-20)19-11-9-18(16-24)10-12-19/h4-6,9-12,15,17,26H,7-8,13-14,25H2,1-3H3. The van der Waals surface area contributed by atoms with Crippen LogP contribution >= 0.6 is 0 Å². The van der Waals surface area contributed by atoms with Gasteiger partial charge in [0.25, 0.3) is 0 Å². The van der Waals surface area contributed by atoms with Crippen LogP contribution in [0.5, 0.6) is 0 Å². The molecule has 1 saturated carbocycles. The van der Waals surface area contributed by atoms with Gasteiger partial charge in [0.15, 0.2) is 0 Å². The van der Waals surface area contributed by atoms with E-state index in [2.05, 4.69) is 10.8 Å². The van der Waals surface area contributed by atoms with Crippen LogP contribution in [0.1, 0.15) is 63.1 Å². The van der Waals surface area contributed by atoms with Crippen molar-refractivity contribution in [1.29, 1.82) is 5.26 Å². The van der Waals surface area contributed by atoms with Crippen molar-refractivity contribution in [3.8, 4) is 6.07 Å². The molecule has 3 rings (SSSR count). The summed E-state index contributed by atoms with van der Waals surface area (Å²) in [6, 6.07) is 17.6. The predicted octanol–water partition coefficient (Wildman–Crippen LogP) is 4.63. The number of nitrogens with zero attached hydrogens (tertiary/aromatic N) is 1. The zero-order valence-electron chi connectivity index (χ0n) is 16.9. The van der Waals surface area contributed by atoms with Crippen LogP contribution in [0.25, 0.3) is 0 Å². The van der Waals surface area contributed by atoms with E-state index >= 15 is 0 Å². The quantitative estimate of drug-likeness (QED) is 0.671. The first-order valence-electron chi connectivity index (χ1n) is 9.81. The average Bonchev–Trinajstić information content (AvgIpc) is 3.49. The minimum Gasteiger partial charge on any atom is -0.399 e. The molecule has 1 fully saturated rings. The zero-order valence-corrected chi connectivity index (χ0v) is 17.7. The maximum atomic E-state index is 13.2. The Morgan fingerprint density at radius 2 is 1.82 bits per heavy atom. The van der Waals surface area contributed by atoms with E-state index in [0.717, 1.165) is 29.9 Å². The van der Waals surface area contributed by atoms with Crippen molar-refractivity contribution >= 4 is 16.7 Å². The highest BCUT2D eigenvalue weighted by atomic mass is 32.2. The van der Waals surface area contributed by atoms with Crippen molar-refractivity contribution in [2.75, 3.05) is 5.73 Å². The molecule has 0 radical (unpaired) electrons. The van der Waals surface area contributed by atoms with E-state index in [1.165, 1.54) is 12.8 Å². The van der Waals surface area contributed by atoms with Crippen molar-refractivity contribution < 1.29 is 4.21 Å². The van der Waals surface area contributed by atoms with Crippen molar-refractivity contribution in [1.82, 2.24) is 4.72 Å². The summed E-state index contributed by atoms with van der Waals surface area (Å²) in [5.41, 5.74) is 8.82.